The van der Waals surface area contributed by atoms with E-state index in [2.05, 4.69) is 16.4 Å². The number of methoxy groups -OCH3 is 2. The number of aromatic nitrogens is 1. The summed E-state index contributed by atoms with van der Waals surface area (Å²) in [6.07, 6.45) is 7.05. The molecule has 0 bridgehead atoms. The van der Waals surface area contributed by atoms with E-state index in [0.29, 0.717) is 11.8 Å². The maximum Gasteiger partial charge on any atom is 0.162 e. The quantitative estimate of drug-likeness (QED) is 0.923. The zero-order valence-corrected chi connectivity index (χ0v) is 12.0. The maximum atomic E-state index is 5.34. The van der Waals surface area contributed by atoms with E-state index in [1.165, 1.54) is 25.7 Å². The molecule has 0 saturated heterocycles. The van der Waals surface area contributed by atoms with E-state index < -0.39 is 0 Å². The van der Waals surface area contributed by atoms with Gasteiger partial charge in [0.25, 0.3) is 0 Å². The van der Waals surface area contributed by atoms with E-state index >= 15 is 0 Å². The summed E-state index contributed by atoms with van der Waals surface area (Å²) in [5.74, 6) is 1.45. The zero-order chi connectivity index (χ0) is 13.9. The summed E-state index contributed by atoms with van der Waals surface area (Å²) in [5, 5.41) is 4.63. The highest BCUT2D eigenvalue weighted by Crippen LogP contribution is 2.32. The van der Waals surface area contributed by atoms with Crippen LogP contribution in [0.2, 0.25) is 0 Å². The average Bonchev–Trinajstić information content (AvgIpc) is 2.98. The number of nitrogens with zero attached hydrogens (tertiary/aromatic N) is 1. The van der Waals surface area contributed by atoms with Crippen LogP contribution in [0.4, 0.5) is 5.69 Å². The molecular weight excluding hydrogens is 252 g/mol. The van der Waals surface area contributed by atoms with Gasteiger partial charge in [-0.3, -0.25) is 4.98 Å². The first-order valence-corrected chi connectivity index (χ1v) is 7.08. The summed E-state index contributed by atoms with van der Waals surface area (Å²) in [5.41, 5.74) is 2.00. The lowest BCUT2D eigenvalue weighted by Crippen LogP contribution is -2.14. The van der Waals surface area contributed by atoms with Crippen molar-refractivity contribution in [3.8, 4) is 11.5 Å². The molecule has 0 amide bonds. The Balaban J connectivity index is 1.93. The Morgan fingerprint density at radius 1 is 1.05 bits per heavy atom. The van der Waals surface area contributed by atoms with Gasteiger partial charge in [-0.25, -0.2) is 0 Å². The van der Waals surface area contributed by atoms with Crippen LogP contribution < -0.4 is 14.8 Å². The summed E-state index contributed by atoms with van der Waals surface area (Å²) in [6, 6.07) is 6.60. The molecule has 4 nitrogen and oxygen atoms in total. The Morgan fingerprint density at radius 2 is 1.75 bits per heavy atom. The second kappa shape index (κ2) is 5.57. The first-order chi connectivity index (χ1) is 9.80. The molecule has 106 valence electrons. The standard InChI is InChI=1S/C16H20N2O2/c1-19-15-8-11-7-13(18-12-5-3-4-6-12)10-17-14(11)9-16(15)20-2/h7-10,12,18H,3-6H2,1-2H3. The average molecular weight is 272 g/mol. The van der Waals surface area contributed by atoms with Gasteiger partial charge in [0, 0.05) is 17.5 Å². The highest BCUT2D eigenvalue weighted by Gasteiger charge is 2.15. The first kappa shape index (κ1) is 13.0. The molecule has 1 aromatic heterocycles. The van der Waals surface area contributed by atoms with Crippen molar-refractivity contribution < 1.29 is 9.47 Å². The van der Waals surface area contributed by atoms with Crippen molar-refractivity contribution in [2.45, 2.75) is 31.7 Å². The Kier molecular flexibility index (Phi) is 3.63. The van der Waals surface area contributed by atoms with Gasteiger partial charge in [-0.05, 0) is 25.0 Å². The fourth-order valence-electron chi connectivity index (χ4n) is 2.84. The van der Waals surface area contributed by atoms with Crippen LogP contribution in [0.15, 0.2) is 24.4 Å². The van der Waals surface area contributed by atoms with Gasteiger partial charge in [0.1, 0.15) is 0 Å². The van der Waals surface area contributed by atoms with E-state index in [1.54, 1.807) is 14.2 Å². The number of ether oxygens (including phenoxy) is 2. The third-order valence-corrected chi connectivity index (χ3v) is 3.91. The Morgan fingerprint density at radius 3 is 2.45 bits per heavy atom. The van der Waals surface area contributed by atoms with Crippen molar-refractivity contribution in [2.24, 2.45) is 0 Å². The van der Waals surface area contributed by atoms with Gasteiger partial charge in [-0.15, -0.1) is 0 Å². The van der Waals surface area contributed by atoms with Crippen LogP contribution in [0.25, 0.3) is 10.9 Å². The number of hydrogen-bond donors (Lipinski definition) is 1. The topological polar surface area (TPSA) is 43.4 Å². The number of nitrogens with one attached hydrogen (secondary N) is 1. The third kappa shape index (κ3) is 2.50. The second-order valence-corrected chi connectivity index (χ2v) is 5.25. The van der Waals surface area contributed by atoms with E-state index in [4.69, 9.17) is 9.47 Å². The molecule has 1 fully saturated rings. The maximum absolute atomic E-state index is 5.34. The summed E-state index contributed by atoms with van der Waals surface area (Å²) in [6.45, 7) is 0. The molecule has 3 rings (SSSR count). The van der Waals surface area contributed by atoms with E-state index in [9.17, 15) is 0 Å². The van der Waals surface area contributed by atoms with Crippen LogP contribution in [0.3, 0.4) is 0 Å². The number of fused-ring (bicyclic) bond motifs is 1. The molecule has 1 aromatic carbocycles. The lowest BCUT2D eigenvalue weighted by Gasteiger charge is -2.14. The molecule has 0 spiro atoms. The number of hydrogen-bond acceptors (Lipinski definition) is 4. The molecule has 1 N–H and O–H groups in total. The van der Waals surface area contributed by atoms with Crippen LogP contribution in [0.5, 0.6) is 11.5 Å². The van der Waals surface area contributed by atoms with E-state index in [0.717, 1.165) is 22.3 Å². The van der Waals surface area contributed by atoms with E-state index in [-0.39, 0.29) is 0 Å². The highest BCUT2D eigenvalue weighted by molar-refractivity contribution is 5.85. The fraction of sp³-hybridized carbons (Fsp3) is 0.438. The van der Waals surface area contributed by atoms with Gasteiger partial charge < -0.3 is 14.8 Å². The number of rotatable bonds is 4. The molecule has 2 aromatic rings. The van der Waals surface area contributed by atoms with Crippen molar-refractivity contribution in [1.82, 2.24) is 4.98 Å². The Hall–Kier alpha value is -1.97. The summed E-state index contributed by atoms with van der Waals surface area (Å²) in [7, 11) is 3.29. The predicted molar refractivity (Wildman–Crippen MR) is 80.7 cm³/mol. The molecule has 1 aliphatic rings. The molecule has 0 atom stereocenters. The molecule has 0 radical (unpaired) electrons. The van der Waals surface area contributed by atoms with Crippen molar-refractivity contribution in [3.05, 3.63) is 24.4 Å². The molecular formula is C16H20N2O2. The SMILES string of the molecule is COc1cc2cc(NC3CCCC3)cnc2cc1OC. The van der Waals surface area contributed by atoms with Crippen molar-refractivity contribution in [1.29, 1.82) is 0 Å². The molecule has 1 heterocycles. The molecule has 0 unspecified atom stereocenters. The van der Waals surface area contributed by atoms with Gasteiger partial charge in [-0.2, -0.15) is 0 Å². The smallest absolute Gasteiger partial charge is 0.162 e. The number of pyridine rings is 1. The van der Waals surface area contributed by atoms with Crippen molar-refractivity contribution >= 4 is 16.6 Å². The number of benzene rings is 1. The van der Waals surface area contributed by atoms with Gasteiger partial charge in [0.05, 0.1) is 31.6 Å². The summed E-state index contributed by atoms with van der Waals surface area (Å²) in [4.78, 5) is 4.51. The minimum atomic E-state index is 0.592. The molecule has 1 aliphatic carbocycles. The summed E-state index contributed by atoms with van der Waals surface area (Å²) < 4.78 is 10.6. The van der Waals surface area contributed by atoms with Crippen LogP contribution in [0, 0.1) is 0 Å². The second-order valence-electron chi connectivity index (χ2n) is 5.25. The van der Waals surface area contributed by atoms with Gasteiger partial charge >= 0.3 is 0 Å². The monoisotopic (exact) mass is 272 g/mol. The lowest BCUT2D eigenvalue weighted by atomic mass is 10.1. The minimum absolute atomic E-state index is 0.592. The molecule has 0 aliphatic heterocycles. The predicted octanol–water partition coefficient (Wildman–Crippen LogP) is 3.61. The third-order valence-electron chi connectivity index (χ3n) is 3.91. The molecule has 20 heavy (non-hydrogen) atoms. The van der Waals surface area contributed by atoms with Crippen LogP contribution in [-0.2, 0) is 0 Å². The van der Waals surface area contributed by atoms with Crippen molar-refractivity contribution in [3.63, 3.8) is 0 Å². The summed E-state index contributed by atoms with van der Waals surface area (Å²) >= 11 is 0. The normalized spacial score (nSPS) is 15.5. The van der Waals surface area contributed by atoms with Crippen LogP contribution >= 0.6 is 0 Å². The fourth-order valence-corrected chi connectivity index (χ4v) is 2.84. The zero-order valence-electron chi connectivity index (χ0n) is 12.0. The Bertz CT molecular complexity index is 607. The van der Waals surface area contributed by atoms with Gasteiger partial charge in [-0.1, -0.05) is 12.8 Å². The lowest BCUT2D eigenvalue weighted by molar-refractivity contribution is 0.356. The van der Waals surface area contributed by atoms with Gasteiger partial charge in [0.2, 0.25) is 0 Å². The molecule has 1 saturated carbocycles. The van der Waals surface area contributed by atoms with Crippen molar-refractivity contribution in [2.75, 3.05) is 19.5 Å². The molecule has 4 heteroatoms. The number of anilines is 1. The van der Waals surface area contributed by atoms with E-state index in [1.807, 2.05) is 18.3 Å². The first-order valence-electron chi connectivity index (χ1n) is 7.08. The van der Waals surface area contributed by atoms with Crippen LogP contribution in [0.1, 0.15) is 25.7 Å². The van der Waals surface area contributed by atoms with Gasteiger partial charge in [0.15, 0.2) is 11.5 Å². The van der Waals surface area contributed by atoms with Crippen LogP contribution in [-0.4, -0.2) is 25.2 Å². The minimum Gasteiger partial charge on any atom is -0.493 e. The largest absolute Gasteiger partial charge is 0.493 e. The Labute approximate surface area is 119 Å². The highest BCUT2D eigenvalue weighted by atomic mass is 16.5.